The average molecular weight is 325 g/mol. The SMILES string of the molecule is CC1(Oc2ccccc2)CCN(CCOC2=CC3CC3C=C2)CC1. The number of nitrogens with zero attached hydrogens (tertiary/aromatic N) is 1. The van der Waals surface area contributed by atoms with Crippen LogP contribution in [-0.2, 0) is 4.74 Å². The van der Waals surface area contributed by atoms with Crippen LogP contribution in [0.25, 0.3) is 0 Å². The minimum absolute atomic E-state index is 0.0473. The van der Waals surface area contributed by atoms with E-state index in [4.69, 9.17) is 9.47 Å². The van der Waals surface area contributed by atoms with Crippen molar-refractivity contribution in [1.82, 2.24) is 4.90 Å². The van der Waals surface area contributed by atoms with E-state index < -0.39 is 0 Å². The molecule has 2 unspecified atom stereocenters. The molecule has 2 fully saturated rings. The van der Waals surface area contributed by atoms with Crippen molar-refractivity contribution in [3.8, 4) is 5.75 Å². The van der Waals surface area contributed by atoms with Gasteiger partial charge in [0.15, 0.2) is 0 Å². The molecule has 2 atom stereocenters. The van der Waals surface area contributed by atoms with E-state index in [1.165, 1.54) is 6.42 Å². The highest BCUT2D eigenvalue weighted by molar-refractivity contribution is 5.26. The summed E-state index contributed by atoms with van der Waals surface area (Å²) in [5.41, 5.74) is -0.0473. The molecule has 2 aliphatic carbocycles. The van der Waals surface area contributed by atoms with E-state index in [0.717, 1.165) is 62.4 Å². The molecule has 24 heavy (non-hydrogen) atoms. The second-order valence-corrected chi connectivity index (χ2v) is 7.55. The highest BCUT2D eigenvalue weighted by Gasteiger charge is 2.35. The zero-order chi connectivity index (χ0) is 16.4. The molecule has 1 heterocycles. The number of likely N-dealkylation sites (tertiary alicyclic amines) is 1. The van der Waals surface area contributed by atoms with Gasteiger partial charge in [0.1, 0.15) is 23.7 Å². The van der Waals surface area contributed by atoms with Crippen LogP contribution in [0.5, 0.6) is 5.75 Å². The largest absolute Gasteiger partial charge is 0.493 e. The first-order chi connectivity index (χ1) is 11.7. The molecule has 3 heteroatoms. The Labute approximate surface area is 144 Å². The van der Waals surface area contributed by atoms with Crippen LogP contribution < -0.4 is 4.74 Å². The summed E-state index contributed by atoms with van der Waals surface area (Å²) in [4.78, 5) is 2.49. The molecule has 0 N–H and O–H groups in total. The van der Waals surface area contributed by atoms with Crippen LogP contribution in [0, 0.1) is 11.8 Å². The zero-order valence-corrected chi connectivity index (χ0v) is 14.5. The number of hydrogen-bond acceptors (Lipinski definition) is 3. The van der Waals surface area contributed by atoms with Crippen LogP contribution in [0.1, 0.15) is 26.2 Å². The van der Waals surface area contributed by atoms with E-state index in [-0.39, 0.29) is 5.60 Å². The van der Waals surface area contributed by atoms with Crippen LogP contribution in [0.4, 0.5) is 0 Å². The Hall–Kier alpha value is -1.74. The van der Waals surface area contributed by atoms with E-state index in [9.17, 15) is 0 Å². The maximum absolute atomic E-state index is 6.23. The molecule has 3 aliphatic rings. The summed E-state index contributed by atoms with van der Waals surface area (Å²) in [6.45, 7) is 6.17. The Morgan fingerprint density at radius 3 is 2.67 bits per heavy atom. The molecule has 0 amide bonds. The monoisotopic (exact) mass is 325 g/mol. The molecule has 1 saturated heterocycles. The van der Waals surface area contributed by atoms with Gasteiger partial charge in [-0.25, -0.2) is 0 Å². The fraction of sp³-hybridized carbons (Fsp3) is 0.524. The number of rotatable bonds is 6. The van der Waals surface area contributed by atoms with Crippen molar-refractivity contribution < 1.29 is 9.47 Å². The van der Waals surface area contributed by atoms with Gasteiger partial charge in [-0.2, -0.15) is 0 Å². The Bertz CT molecular complexity index is 614. The highest BCUT2D eigenvalue weighted by Crippen LogP contribution is 2.44. The molecular formula is C21H27NO2. The number of para-hydroxylation sites is 1. The van der Waals surface area contributed by atoms with Gasteiger partial charge in [-0.15, -0.1) is 0 Å². The molecule has 0 bridgehead atoms. The van der Waals surface area contributed by atoms with Gasteiger partial charge in [0, 0.05) is 19.6 Å². The number of fused-ring (bicyclic) bond motifs is 1. The van der Waals surface area contributed by atoms with E-state index in [1.54, 1.807) is 0 Å². The van der Waals surface area contributed by atoms with Crippen LogP contribution in [-0.4, -0.2) is 36.7 Å². The Morgan fingerprint density at radius 1 is 1.12 bits per heavy atom. The normalized spacial score (nSPS) is 28.0. The first kappa shape index (κ1) is 15.8. The highest BCUT2D eigenvalue weighted by atomic mass is 16.5. The third-order valence-electron chi connectivity index (χ3n) is 5.47. The minimum Gasteiger partial charge on any atom is -0.493 e. The smallest absolute Gasteiger partial charge is 0.120 e. The van der Waals surface area contributed by atoms with Gasteiger partial charge < -0.3 is 9.47 Å². The molecule has 0 spiro atoms. The van der Waals surface area contributed by atoms with Crippen molar-refractivity contribution in [2.24, 2.45) is 11.8 Å². The fourth-order valence-electron chi connectivity index (χ4n) is 3.65. The molecule has 0 aromatic heterocycles. The van der Waals surface area contributed by atoms with Gasteiger partial charge in [-0.3, -0.25) is 4.90 Å². The van der Waals surface area contributed by atoms with Gasteiger partial charge in [0.25, 0.3) is 0 Å². The lowest BCUT2D eigenvalue weighted by Gasteiger charge is -2.39. The van der Waals surface area contributed by atoms with Crippen LogP contribution in [0.2, 0.25) is 0 Å². The standard InChI is InChI=1S/C21H27NO2/c1-21(24-19-5-3-2-4-6-19)9-11-22(12-10-21)13-14-23-20-8-7-17-15-18(17)16-20/h2-8,16-18H,9-15H2,1H3. The predicted molar refractivity (Wildman–Crippen MR) is 95.9 cm³/mol. The van der Waals surface area contributed by atoms with Crippen molar-refractivity contribution in [3.05, 3.63) is 54.3 Å². The summed E-state index contributed by atoms with van der Waals surface area (Å²) < 4.78 is 12.2. The maximum atomic E-state index is 6.23. The lowest BCUT2D eigenvalue weighted by atomic mass is 9.93. The van der Waals surface area contributed by atoms with Gasteiger partial charge >= 0.3 is 0 Å². The lowest BCUT2D eigenvalue weighted by Crippen LogP contribution is -2.46. The number of piperidine rings is 1. The molecule has 0 radical (unpaired) electrons. The van der Waals surface area contributed by atoms with Gasteiger partial charge in [0.05, 0.1) is 0 Å². The number of benzene rings is 1. The van der Waals surface area contributed by atoms with Gasteiger partial charge in [0.2, 0.25) is 0 Å². The number of allylic oxidation sites excluding steroid dienone is 3. The molecule has 1 aromatic rings. The third-order valence-corrected chi connectivity index (χ3v) is 5.47. The summed E-state index contributed by atoms with van der Waals surface area (Å²) in [5.74, 6) is 3.62. The first-order valence-corrected chi connectivity index (χ1v) is 9.19. The summed E-state index contributed by atoms with van der Waals surface area (Å²) >= 11 is 0. The summed E-state index contributed by atoms with van der Waals surface area (Å²) in [6.07, 6.45) is 10.2. The van der Waals surface area contributed by atoms with E-state index in [1.807, 2.05) is 30.3 Å². The topological polar surface area (TPSA) is 21.7 Å². The van der Waals surface area contributed by atoms with Crippen LogP contribution in [0.3, 0.4) is 0 Å². The third kappa shape index (κ3) is 3.84. The molecule has 1 saturated carbocycles. The van der Waals surface area contributed by atoms with Crippen LogP contribution >= 0.6 is 0 Å². The summed E-state index contributed by atoms with van der Waals surface area (Å²) in [7, 11) is 0. The number of hydrogen-bond donors (Lipinski definition) is 0. The molecular weight excluding hydrogens is 298 g/mol. The van der Waals surface area contributed by atoms with Crippen molar-refractivity contribution >= 4 is 0 Å². The zero-order valence-electron chi connectivity index (χ0n) is 14.5. The Morgan fingerprint density at radius 2 is 1.92 bits per heavy atom. The predicted octanol–water partition coefficient (Wildman–Crippen LogP) is 4.03. The molecule has 128 valence electrons. The molecule has 1 aliphatic heterocycles. The number of ether oxygens (including phenoxy) is 2. The fourth-order valence-corrected chi connectivity index (χ4v) is 3.65. The van der Waals surface area contributed by atoms with Crippen LogP contribution in [0.15, 0.2) is 54.3 Å². The second-order valence-electron chi connectivity index (χ2n) is 7.55. The van der Waals surface area contributed by atoms with Gasteiger partial charge in [-0.1, -0.05) is 24.3 Å². The van der Waals surface area contributed by atoms with E-state index in [0.29, 0.717) is 0 Å². The van der Waals surface area contributed by atoms with Gasteiger partial charge in [-0.05, 0) is 62.3 Å². The molecule has 1 aromatic carbocycles. The Kier molecular flexibility index (Phi) is 4.36. The minimum atomic E-state index is -0.0473. The van der Waals surface area contributed by atoms with E-state index >= 15 is 0 Å². The van der Waals surface area contributed by atoms with Crippen molar-refractivity contribution in [2.75, 3.05) is 26.2 Å². The Balaban J connectivity index is 1.19. The quantitative estimate of drug-likeness (QED) is 0.788. The van der Waals surface area contributed by atoms with Crippen molar-refractivity contribution in [3.63, 3.8) is 0 Å². The first-order valence-electron chi connectivity index (χ1n) is 9.19. The summed E-state index contributed by atoms with van der Waals surface area (Å²) in [6, 6.07) is 10.2. The molecule has 3 nitrogen and oxygen atoms in total. The van der Waals surface area contributed by atoms with Crippen molar-refractivity contribution in [2.45, 2.75) is 31.8 Å². The lowest BCUT2D eigenvalue weighted by molar-refractivity contribution is 0.0112. The molecule has 4 rings (SSSR count). The summed E-state index contributed by atoms with van der Waals surface area (Å²) in [5, 5.41) is 0. The maximum Gasteiger partial charge on any atom is 0.120 e. The second kappa shape index (κ2) is 6.64. The van der Waals surface area contributed by atoms with Crippen molar-refractivity contribution in [1.29, 1.82) is 0 Å². The average Bonchev–Trinajstić information content (AvgIpc) is 3.36. The van der Waals surface area contributed by atoms with E-state index in [2.05, 4.69) is 30.1 Å².